The summed E-state index contributed by atoms with van der Waals surface area (Å²) in [6.45, 7) is 7.21. The zero-order chi connectivity index (χ0) is 12.3. The Bertz CT molecular complexity index is 239. The molecule has 1 fully saturated rings. The highest BCUT2D eigenvalue weighted by Crippen LogP contribution is 2.21. The lowest BCUT2D eigenvalue weighted by Crippen LogP contribution is -2.49. The Hall–Kier alpha value is -0.320. The summed E-state index contributed by atoms with van der Waals surface area (Å²) in [5.74, 6) is 0.570. The number of hydrogen-bond donors (Lipinski definition) is 2. The molecule has 0 aromatic heterocycles. The molecule has 102 valence electrons. The molecule has 0 saturated carbocycles. The zero-order valence-corrected chi connectivity index (χ0v) is 11.7. The summed E-state index contributed by atoms with van der Waals surface area (Å²) in [4.78, 5) is 13.8. The average Bonchev–Trinajstić information content (AvgIpc) is 2.27. The minimum Gasteiger partial charge on any atom is -0.393 e. The highest BCUT2D eigenvalue weighted by molar-refractivity contribution is 5.85. The number of nitrogens with two attached hydrogens (primary N) is 1. The van der Waals surface area contributed by atoms with E-state index in [0.717, 1.165) is 25.9 Å². The molecule has 1 amide bonds. The van der Waals surface area contributed by atoms with Crippen LogP contribution in [0.15, 0.2) is 0 Å². The summed E-state index contributed by atoms with van der Waals surface area (Å²) in [7, 11) is 0. The lowest BCUT2D eigenvalue weighted by atomic mass is 9.91. The maximum atomic E-state index is 12.0. The number of piperidine rings is 1. The Morgan fingerprint density at radius 1 is 1.29 bits per heavy atom. The first-order chi connectivity index (χ1) is 7.43. The molecule has 1 aliphatic heterocycles. The van der Waals surface area contributed by atoms with Crippen LogP contribution in [0.2, 0.25) is 0 Å². The van der Waals surface area contributed by atoms with Gasteiger partial charge in [-0.05, 0) is 31.6 Å². The Balaban J connectivity index is 0.00000256. The summed E-state index contributed by atoms with van der Waals surface area (Å²) < 4.78 is 0. The molecule has 5 heteroatoms. The van der Waals surface area contributed by atoms with Crippen LogP contribution in [0, 0.1) is 11.8 Å². The minimum absolute atomic E-state index is 0. The van der Waals surface area contributed by atoms with E-state index in [1.54, 1.807) is 0 Å². The predicted octanol–water partition coefficient (Wildman–Crippen LogP) is 1.01. The van der Waals surface area contributed by atoms with Crippen molar-refractivity contribution in [2.75, 3.05) is 13.1 Å². The van der Waals surface area contributed by atoms with Crippen LogP contribution in [0.5, 0.6) is 0 Å². The van der Waals surface area contributed by atoms with Gasteiger partial charge in [0.05, 0.1) is 12.1 Å². The second-order valence-corrected chi connectivity index (χ2v) is 5.17. The summed E-state index contributed by atoms with van der Waals surface area (Å²) in [6, 6.07) is -0.386. The van der Waals surface area contributed by atoms with Crippen LogP contribution in [-0.4, -0.2) is 41.1 Å². The molecular formula is C12H25ClN2O2. The largest absolute Gasteiger partial charge is 0.393 e. The SMILES string of the molecule is CC(C)C(N)C(=O)N1CCC(C(C)O)CC1.Cl. The quantitative estimate of drug-likeness (QED) is 0.800. The normalized spacial score (nSPS) is 20.9. The van der Waals surface area contributed by atoms with Crippen molar-refractivity contribution in [2.24, 2.45) is 17.6 Å². The van der Waals surface area contributed by atoms with E-state index in [2.05, 4.69) is 0 Å². The number of carbonyl (C=O) groups is 1. The number of halogens is 1. The molecule has 1 rings (SSSR count). The fourth-order valence-electron chi connectivity index (χ4n) is 2.10. The monoisotopic (exact) mass is 264 g/mol. The number of rotatable bonds is 3. The number of aliphatic hydroxyl groups is 1. The van der Waals surface area contributed by atoms with E-state index in [-0.39, 0.29) is 36.4 Å². The Morgan fingerprint density at radius 3 is 2.12 bits per heavy atom. The Morgan fingerprint density at radius 2 is 1.76 bits per heavy atom. The molecular weight excluding hydrogens is 240 g/mol. The van der Waals surface area contributed by atoms with Gasteiger partial charge in [-0.1, -0.05) is 13.8 Å². The third-order valence-electron chi connectivity index (χ3n) is 3.54. The van der Waals surface area contributed by atoms with E-state index in [4.69, 9.17) is 5.73 Å². The fourth-order valence-corrected chi connectivity index (χ4v) is 2.10. The Labute approximate surface area is 110 Å². The lowest BCUT2D eigenvalue weighted by Gasteiger charge is -2.35. The zero-order valence-electron chi connectivity index (χ0n) is 10.9. The molecule has 0 aromatic carbocycles. The van der Waals surface area contributed by atoms with Crippen molar-refractivity contribution in [3.8, 4) is 0 Å². The fraction of sp³-hybridized carbons (Fsp3) is 0.917. The highest BCUT2D eigenvalue weighted by Gasteiger charge is 2.28. The minimum atomic E-state index is -0.386. The summed E-state index contributed by atoms with van der Waals surface area (Å²) in [5.41, 5.74) is 5.84. The standard InChI is InChI=1S/C12H24N2O2.ClH/c1-8(2)11(13)12(16)14-6-4-10(5-7-14)9(3)15;/h8-11,15H,4-7,13H2,1-3H3;1H. The smallest absolute Gasteiger partial charge is 0.239 e. The molecule has 17 heavy (non-hydrogen) atoms. The highest BCUT2D eigenvalue weighted by atomic mass is 35.5. The topological polar surface area (TPSA) is 66.6 Å². The number of nitrogens with zero attached hydrogens (tertiary/aromatic N) is 1. The van der Waals surface area contributed by atoms with Gasteiger partial charge in [0.2, 0.25) is 5.91 Å². The third-order valence-corrected chi connectivity index (χ3v) is 3.54. The van der Waals surface area contributed by atoms with Crippen LogP contribution in [0.25, 0.3) is 0 Å². The molecule has 1 aliphatic rings. The van der Waals surface area contributed by atoms with E-state index in [9.17, 15) is 9.90 Å². The number of likely N-dealkylation sites (tertiary alicyclic amines) is 1. The van der Waals surface area contributed by atoms with Crippen molar-refractivity contribution < 1.29 is 9.90 Å². The van der Waals surface area contributed by atoms with Crippen molar-refractivity contribution in [3.05, 3.63) is 0 Å². The van der Waals surface area contributed by atoms with E-state index in [1.807, 2.05) is 25.7 Å². The molecule has 0 aliphatic carbocycles. The first kappa shape index (κ1) is 16.7. The molecule has 0 radical (unpaired) electrons. The molecule has 3 N–H and O–H groups in total. The molecule has 0 bridgehead atoms. The van der Waals surface area contributed by atoms with Gasteiger partial charge in [-0.2, -0.15) is 0 Å². The van der Waals surface area contributed by atoms with Gasteiger partial charge in [0.1, 0.15) is 0 Å². The van der Waals surface area contributed by atoms with Crippen LogP contribution >= 0.6 is 12.4 Å². The first-order valence-corrected chi connectivity index (χ1v) is 6.16. The maximum Gasteiger partial charge on any atom is 0.239 e. The van der Waals surface area contributed by atoms with Crippen LogP contribution < -0.4 is 5.73 Å². The van der Waals surface area contributed by atoms with Crippen LogP contribution in [0.4, 0.5) is 0 Å². The summed E-state index contributed by atoms with van der Waals surface area (Å²) in [5, 5.41) is 9.47. The van der Waals surface area contributed by atoms with Crippen LogP contribution in [0.1, 0.15) is 33.6 Å². The van der Waals surface area contributed by atoms with Crippen LogP contribution in [0.3, 0.4) is 0 Å². The van der Waals surface area contributed by atoms with Gasteiger partial charge in [-0.3, -0.25) is 4.79 Å². The lowest BCUT2D eigenvalue weighted by molar-refractivity contribution is -0.135. The first-order valence-electron chi connectivity index (χ1n) is 6.16. The van der Waals surface area contributed by atoms with Gasteiger partial charge >= 0.3 is 0 Å². The van der Waals surface area contributed by atoms with Gasteiger partial charge in [-0.25, -0.2) is 0 Å². The van der Waals surface area contributed by atoms with Crippen molar-refractivity contribution >= 4 is 18.3 Å². The average molecular weight is 265 g/mol. The second-order valence-electron chi connectivity index (χ2n) is 5.17. The summed E-state index contributed by atoms with van der Waals surface area (Å²) in [6.07, 6.45) is 1.50. The molecule has 0 spiro atoms. The van der Waals surface area contributed by atoms with Gasteiger partial charge in [-0.15, -0.1) is 12.4 Å². The van der Waals surface area contributed by atoms with Gasteiger partial charge in [0, 0.05) is 13.1 Å². The Kier molecular flexibility index (Phi) is 7.05. The summed E-state index contributed by atoms with van der Waals surface area (Å²) >= 11 is 0. The van der Waals surface area contributed by atoms with E-state index < -0.39 is 0 Å². The molecule has 1 heterocycles. The van der Waals surface area contributed by atoms with Crippen LogP contribution in [-0.2, 0) is 4.79 Å². The number of hydrogen-bond acceptors (Lipinski definition) is 3. The van der Waals surface area contributed by atoms with E-state index >= 15 is 0 Å². The molecule has 4 nitrogen and oxygen atoms in total. The number of aliphatic hydroxyl groups excluding tert-OH is 1. The molecule has 0 aromatic rings. The number of amides is 1. The van der Waals surface area contributed by atoms with Crippen molar-refractivity contribution in [3.63, 3.8) is 0 Å². The van der Waals surface area contributed by atoms with Gasteiger partial charge in [0.25, 0.3) is 0 Å². The van der Waals surface area contributed by atoms with Crippen molar-refractivity contribution in [1.29, 1.82) is 0 Å². The predicted molar refractivity (Wildman–Crippen MR) is 71.0 cm³/mol. The third kappa shape index (κ3) is 4.45. The van der Waals surface area contributed by atoms with E-state index in [0.29, 0.717) is 5.92 Å². The van der Waals surface area contributed by atoms with Gasteiger partial charge in [0.15, 0.2) is 0 Å². The molecule has 2 atom stereocenters. The number of carbonyl (C=O) groups excluding carboxylic acids is 1. The molecule has 1 saturated heterocycles. The van der Waals surface area contributed by atoms with Crippen molar-refractivity contribution in [1.82, 2.24) is 4.90 Å². The molecule has 2 unspecified atom stereocenters. The van der Waals surface area contributed by atoms with E-state index in [1.165, 1.54) is 0 Å². The maximum absolute atomic E-state index is 12.0. The van der Waals surface area contributed by atoms with Gasteiger partial charge < -0.3 is 15.7 Å². The van der Waals surface area contributed by atoms with Crippen molar-refractivity contribution in [2.45, 2.75) is 45.8 Å². The second kappa shape index (κ2) is 7.19.